The van der Waals surface area contributed by atoms with Crippen LogP contribution >= 0.6 is 0 Å². The molecule has 1 heterocycles. The van der Waals surface area contributed by atoms with Gasteiger partial charge in [0.2, 0.25) is 15.9 Å². The Bertz CT molecular complexity index is 796. The number of carbonyl (C=O) groups excluding carboxylic acids is 1. The normalized spacial score (nSPS) is 19.6. The molecule has 0 radical (unpaired) electrons. The zero-order chi connectivity index (χ0) is 18.2. The van der Waals surface area contributed by atoms with Crippen LogP contribution in [0.15, 0.2) is 23.1 Å². The summed E-state index contributed by atoms with van der Waals surface area (Å²) in [7, 11) is -3.81. The van der Waals surface area contributed by atoms with Crippen molar-refractivity contribution >= 4 is 21.6 Å². The lowest BCUT2D eigenvalue weighted by Gasteiger charge is -2.30. The molecule has 2 aliphatic rings. The van der Waals surface area contributed by atoms with Gasteiger partial charge in [0.05, 0.1) is 9.82 Å². The summed E-state index contributed by atoms with van der Waals surface area (Å²) in [6, 6.07) is 4.14. The number of carbonyl (C=O) groups is 1. The lowest BCUT2D eigenvalue weighted by molar-refractivity contribution is -0.385. The Kier molecular flexibility index (Phi) is 4.79. The quantitative estimate of drug-likeness (QED) is 0.628. The van der Waals surface area contributed by atoms with Crippen molar-refractivity contribution in [2.45, 2.75) is 43.5 Å². The number of hydrogen-bond acceptors (Lipinski definition) is 5. The van der Waals surface area contributed by atoms with Crippen LogP contribution in [0.4, 0.5) is 5.69 Å². The number of piperidine rings is 1. The summed E-state index contributed by atoms with van der Waals surface area (Å²) in [5.74, 6) is -0.163. The molecule has 0 aromatic heterocycles. The Labute approximate surface area is 146 Å². The first-order valence-corrected chi connectivity index (χ1v) is 9.78. The van der Waals surface area contributed by atoms with Crippen LogP contribution < -0.4 is 5.32 Å². The minimum Gasteiger partial charge on any atom is -0.353 e. The van der Waals surface area contributed by atoms with E-state index in [4.69, 9.17) is 0 Å². The van der Waals surface area contributed by atoms with Gasteiger partial charge in [-0.25, -0.2) is 8.42 Å². The lowest BCUT2D eigenvalue weighted by atomic mass is 9.97. The Balaban J connectivity index is 1.72. The summed E-state index contributed by atoms with van der Waals surface area (Å²) < 4.78 is 27.0. The molecule has 0 spiro atoms. The largest absolute Gasteiger partial charge is 0.353 e. The summed E-state index contributed by atoms with van der Waals surface area (Å²) in [6.45, 7) is 2.10. The number of non-ortho nitro benzene ring substituents is 1. The van der Waals surface area contributed by atoms with Gasteiger partial charge in [0.15, 0.2) is 0 Å². The summed E-state index contributed by atoms with van der Waals surface area (Å²) in [5, 5.41) is 13.9. The van der Waals surface area contributed by atoms with Crippen molar-refractivity contribution in [2.75, 3.05) is 13.1 Å². The molecular weight excluding hydrogens is 346 g/mol. The molecule has 1 amide bonds. The van der Waals surface area contributed by atoms with Gasteiger partial charge < -0.3 is 5.32 Å². The summed E-state index contributed by atoms with van der Waals surface area (Å²) >= 11 is 0. The molecule has 0 bridgehead atoms. The number of benzene rings is 1. The van der Waals surface area contributed by atoms with E-state index in [1.807, 2.05) is 0 Å². The van der Waals surface area contributed by atoms with Gasteiger partial charge in [-0.1, -0.05) is 6.07 Å². The highest BCUT2D eigenvalue weighted by molar-refractivity contribution is 7.89. The standard InChI is InChI=1S/C16H21N3O5S/c1-11-2-5-14(19(21)22)10-15(11)25(23,24)18-8-6-12(7-9-18)16(20)17-13-3-4-13/h2,5,10,12-13H,3-4,6-9H2,1H3,(H,17,20). The minimum absolute atomic E-state index is 0.00563. The smallest absolute Gasteiger partial charge is 0.270 e. The average Bonchev–Trinajstić information content (AvgIpc) is 3.39. The summed E-state index contributed by atoms with van der Waals surface area (Å²) in [4.78, 5) is 22.4. The van der Waals surface area contributed by atoms with Crippen molar-refractivity contribution in [1.82, 2.24) is 9.62 Å². The second-order valence-corrected chi connectivity index (χ2v) is 8.57. The van der Waals surface area contributed by atoms with Crippen LogP contribution in [0.5, 0.6) is 0 Å². The van der Waals surface area contributed by atoms with E-state index in [-0.39, 0.29) is 35.5 Å². The topological polar surface area (TPSA) is 110 Å². The van der Waals surface area contributed by atoms with Crippen molar-refractivity contribution in [3.05, 3.63) is 33.9 Å². The second-order valence-electron chi connectivity index (χ2n) is 6.67. The van der Waals surface area contributed by atoms with E-state index in [9.17, 15) is 23.3 Å². The first-order chi connectivity index (χ1) is 11.8. The van der Waals surface area contributed by atoms with Gasteiger partial charge in [-0.3, -0.25) is 14.9 Å². The number of amides is 1. The maximum atomic E-state index is 12.8. The SMILES string of the molecule is Cc1ccc([N+](=O)[O-])cc1S(=O)(=O)N1CCC(C(=O)NC2CC2)CC1. The average molecular weight is 367 g/mol. The molecule has 0 unspecified atom stereocenters. The molecule has 1 saturated carbocycles. The van der Waals surface area contributed by atoms with Crippen LogP contribution in [0.25, 0.3) is 0 Å². The van der Waals surface area contributed by atoms with E-state index in [2.05, 4.69) is 5.32 Å². The van der Waals surface area contributed by atoms with Gasteiger partial charge in [-0.15, -0.1) is 0 Å². The molecule has 8 nitrogen and oxygen atoms in total. The van der Waals surface area contributed by atoms with Crippen molar-refractivity contribution in [3.8, 4) is 0 Å². The number of aryl methyl sites for hydroxylation is 1. The van der Waals surface area contributed by atoms with Gasteiger partial charge in [-0.05, 0) is 38.2 Å². The highest BCUT2D eigenvalue weighted by atomic mass is 32.2. The zero-order valence-corrected chi connectivity index (χ0v) is 14.8. The molecule has 136 valence electrons. The molecule has 1 N–H and O–H groups in total. The number of sulfonamides is 1. The highest BCUT2D eigenvalue weighted by Gasteiger charge is 2.35. The van der Waals surface area contributed by atoms with Gasteiger partial charge in [-0.2, -0.15) is 4.31 Å². The fourth-order valence-electron chi connectivity index (χ4n) is 3.02. The van der Waals surface area contributed by atoms with Crippen molar-refractivity contribution in [2.24, 2.45) is 5.92 Å². The van der Waals surface area contributed by atoms with Crippen molar-refractivity contribution in [3.63, 3.8) is 0 Å². The van der Waals surface area contributed by atoms with E-state index in [1.54, 1.807) is 6.92 Å². The number of nitrogens with zero attached hydrogens (tertiary/aromatic N) is 2. The molecule has 1 aromatic rings. The first kappa shape index (κ1) is 17.8. The van der Waals surface area contributed by atoms with E-state index >= 15 is 0 Å². The second kappa shape index (κ2) is 6.72. The van der Waals surface area contributed by atoms with Crippen LogP contribution in [0, 0.1) is 23.0 Å². The first-order valence-electron chi connectivity index (χ1n) is 8.34. The fraction of sp³-hybridized carbons (Fsp3) is 0.562. The number of hydrogen-bond donors (Lipinski definition) is 1. The third kappa shape index (κ3) is 3.82. The number of nitro groups is 1. The number of nitro benzene ring substituents is 1. The predicted octanol–water partition coefficient (Wildman–Crippen LogP) is 1.58. The monoisotopic (exact) mass is 367 g/mol. The Morgan fingerprint density at radius 3 is 2.44 bits per heavy atom. The number of nitrogens with one attached hydrogen (secondary N) is 1. The highest BCUT2D eigenvalue weighted by Crippen LogP contribution is 2.29. The zero-order valence-electron chi connectivity index (χ0n) is 14.0. The Morgan fingerprint density at radius 2 is 1.88 bits per heavy atom. The van der Waals surface area contributed by atoms with Crippen LogP contribution in [0.3, 0.4) is 0 Å². The molecule has 25 heavy (non-hydrogen) atoms. The molecule has 1 aliphatic carbocycles. The fourth-order valence-corrected chi connectivity index (χ4v) is 4.74. The Hall–Kier alpha value is -2.00. The van der Waals surface area contributed by atoms with Gasteiger partial charge in [0, 0.05) is 37.2 Å². The van der Waals surface area contributed by atoms with Gasteiger partial charge in [0.1, 0.15) is 0 Å². The maximum Gasteiger partial charge on any atom is 0.270 e. The third-order valence-corrected chi connectivity index (χ3v) is 6.79. The van der Waals surface area contributed by atoms with Crippen molar-refractivity contribution in [1.29, 1.82) is 0 Å². The molecule has 2 fully saturated rings. The maximum absolute atomic E-state index is 12.8. The van der Waals surface area contributed by atoms with Crippen LogP contribution in [-0.4, -0.2) is 42.7 Å². The lowest BCUT2D eigenvalue weighted by Crippen LogP contribution is -2.43. The van der Waals surface area contributed by atoms with Crippen LogP contribution in [0.2, 0.25) is 0 Å². The van der Waals surface area contributed by atoms with Crippen molar-refractivity contribution < 1.29 is 18.1 Å². The molecule has 3 rings (SSSR count). The Morgan fingerprint density at radius 1 is 1.24 bits per heavy atom. The summed E-state index contributed by atoms with van der Waals surface area (Å²) in [5.41, 5.74) is 0.224. The van der Waals surface area contributed by atoms with Crippen LogP contribution in [0.1, 0.15) is 31.2 Å². The van der Waals surface area contributed by atoms with E-state index in [0.717, 1.165) is 18.9 Å². The molecule has 1 aromatic carbocycles. The minimum atomic E-state index is -3.81. The van der Waals surface area contributed by atoms with Gasteiger partial charge in [0.25, 0.3) is 5.69 Å². The molecule has 0 atom stereocenters. The number of rotatable bonds is 5. The molecular formula is C16H21N3O5S. The predicted molar refractivity (Wildman–Crippen MR) is 90.5 cm³/mol. The molecule has 1 aliphatic heterocycles. The van der Waals surface area contributed by atoms with Crippen LogP contribution in [-0.2, 0) is 14.8 Å². The van der Waals surface area contributed by atoms with E-state index in [1.165, 1.54) is 16.4 Å². The summed E-state index contributed by atoms with van der Waals surface area (Å²) in [6.07, 6.45) is 2.97. The van der Waals surface area contributed by atoms with E-state index in [0.29, 0.717) is 24.4 Å². The molecule has 9 heteroatoms. The third-order valence-electron chi connectivity index (χ3n) is 4.75. The molecule has 1 saturated heterocycles. The van der Waals surface area contributed by atoms with Gasteiger partial charge >= 0.3 is 0 Å². The van der Waals surface area contributed by atoms with E-state index < -0.39 is 14.9 Å².